The van der Waals surface area contributed by atoms with Gasteiger partial charge >= 0.3 is 5.97 Å². The van der Waals surface area contributed by atoms with Gasteiger partial charge in [0.1, 0.15) is 5.82 Å². The third-order valence-corrected chi connectivity index (χ3v) is 5.53. The number of rotatable bonds is 10. The molecule has 2 aromatic rings. The van der Waals surface area contributed by atoms with E-state index in [1.54, 1.807) is 24.4 Å². The Balaban J connectivity index is 1.62. The van der Waals surface area contributed by atoms with E-state index in [1.165, 1.54) is 23.5 Å². The van der Waals surface area contributed by atoms with Gasteiger partial charge in [-0.25, -0.2) is 14.2 Å². The van der Waals surface area contributed by atoms with Crippen molar-refractivity contribution in [1.29, 1.82) is 0 Å². The Morgan fingerprint density at radius 1 is 1.23 bits per heavy atom. The smallest absolute Gasteiger partial charge is 0.338 e. The Morgan fingerprint density at radius 2 is 1.94 bits per heavy atom. The monoisotopic (exact) mass is 448 g/mol. The molecule has 1 N–H and O–H groups in total. The molecule has 7 nitrogen and oxygen atoms in total. The summed E-state index contributed by atoms with van der Waals surface area (Å²) in [6.07, 6.45) is -1.23. The fourth-order valence-corrected chi connectivity index (χ4v) is 3.99. The van der Waals surface area contributed by atoms with Crippen LogP contribution in [-0.4, -0.2) is 41.5 Å². The number of amides is 1. The molecular weight excluding hydrogens is 423 g/mol. The standard InChI is InChI=1S/C22H25FN2O5S/c1-4-29-21(28)19-18(30-19)17(26)10-14(9-12(2)3)20(27)25-22-24-16(11-31-22)13-5-7-15(23)8-6-13/h5-8,11-12,14,18-19H,4,9-10H2,1-3H3,(H,24,25,27)/t14-,18-,19+/m1/s1. The molecule has 3 atom stereocenters. The molecule has 1 aromatic carbocycles. The molecule has 0 aliphatic carbocycles. The number of halogens is 1. The number of hydrogen-bond acceptors (Lipinski definition) is 7. The minimum atomic E-state index is -0.868. The van der Waals surface area contributed by atoms with E-state index < -0.39 is 24.1 Å². The number of thiazole rings is 1. The van der Waals surface area contributed by atoms with E-state index in [0.29, 0.717) is 17.2 Å². The van der Waals surface area contributed by atoms with E-state index in [-0.39, 0.29) is 36.5 Å². The predicted octanol–water partition coefficient (Wildman–Crippen LogP) is 3.84. The maximum Gasteiger partial charge on any atom is 0.338 e. The van der Waals surface area contributed by atoms with Crippen LogP contribution >= 0.6 is 11.3 Å². The van der Waals surface area contributed by atoms with Crippen LogP contribution in [-0.2, 0) is 23.9 Å². The first kappa shape index (κ1) is 23.0. The second kappa shape index (κ2) is 10.1. The number of carbonyl (C=O) groups is 3. The van der Waals surface area contributed by atoms with Gasteiger partial charge in [-0.15, -0.1) is 11.3 Å². The number of anilines is 1. The molecule has 0 bridgehead atoms. The van der Waals surface area contributed by atoms with Crippen molar-refractivity contribution in [2.75, 3.05) is 11.9 Å². The number of benzene rings is 1. The van der Waals surface area contributed by atoms with Crippen LogP contribution in [0.3, 0.4) is 0 Å². The molecule has 1 amide bonds. The lowest BCUT2D eigenvalue weighted by Gasteiger charge is -2.17. The molecule has 1 aromatic heterocycles. The summed E-state index contributed by atoms with van der Waals surface area (Å²) >= 11 is 1.25. The zero-order chi connectivity index (χ0) is 22.5. The van der Waals surface area contributed by atoms with Crippen LogP contribution in [0.15, 0.2) is 29.6 Å². The van der Waals surface area contributed by atoms with Crippen LogP contribution in [0.2, 0.25) is 0 Å². The highest BCUT2D eigenvalue weighted by Gasteiger charge is 2.51. The quantitative estimate of drug-likeness (QED) is 0.438. The molecule has 31 heavy (non-hydrogen) atoms. The largest absolute Gasteiger partial charge is 0.464 e. The molecule has 0 unspecified atom stereocenters. The average Bonchev–Trinajstić information content (AvgIpc) is 3.40. The highest BCUT2D eigenvalue weighted by atomic mass is 32.1. The lowest BCUT2D eigenvalue weighted by Crippen LogP contribution is -2.29. The summed E-state index contributed by atoms with van der Waals surface area (Å²) < 4.78 is 23.1. The van der Waals surface area contributed by atoms with E-state index in [0.717, 1.165) is 5.56 Å². The average molecular weight is 449 g/mol. The summed E-state index contributed by atoms with van der Waals surface area (Å²) in [6, 6.07) is 5.93. The fraction of sp³-hybridized carbons (Fsp3) is 0.455. The van der Waals surface area contributed by atoms with Gasteiger partial charge in [-0.05, 0) is 43.5 Å². The lowest BCUT2D eigenvalue weighted by molar-refractivity contribution is -0.144. The van der Waals surface area contributed by atoms with Crippen molar-refractivity contribution >= 4 is 34.1 Å². The zero-order valence-corrected chi connectivity index (χ0v) is 18.4. The summed E-state index contributed by atoms with van der Waals surface area (Å²) in [6.45, 7) is 5.83. The Hall–Kier alpha value is -2.65. The van der Waals surface area contributed by atoms with Crippen molar-refractivity contribution in [2.45, 2.75) is 45.8 Å². The lowest BCUT2D eigenvalue weighted by atomic mass is 9.90. The first-order chi connectivity index (χ1) is 14.8. The third kappa shape index (κ3) is 6.18. The van der Waals surface area contributed by atoms with E-state index in [9.17, 15) is 18.8 Å². The molecule has 2 heterocycles. The second-order valence-corrected chi connectivity index (χ2v) is 8.62. The number of Topliss-reactive ketones (excluding diaryl/α,β-unsaturated/α-hetero) is 1. The highest BCUT2D eigenvalue weighted by molar-refractivity contribution is 7.14. The summed E-state index contributed by atoms with van der Waals surface area (Å²) in [5, 5.41) is 4.95. The highest BCUT2D eigenvalue weighted by Crippen LogP contribution is 2.30. The number of esters is 1. The van der Waals surface area contributed by atoms with Crippen molar-refractivity contribution in [1.82, 2.24) is 4.98 Å². The van der Waals surface area contributed by atoms with Gasteiger partial charge in [-0.3, -0.25) is 9.59 Å². The number of ether oxygens (including phenoxy) is 2. The van der Waals surface area contributed by atoms with Crippen LogP contribution in [0, 0.1) is 17.7 Å². The van der Waals surface area contributed by atoms with Gasteiger partial charge in [0.15, 0.2) is 23.1 Å². The fourth-order valence-electron chi connectivity index (χ4n) is 3.26. The van der Waals surface area contributed by atoms with Crippen molar-refractivity contribution < 1.29 is 28.2 Å². The summed E-state index contributed by atoms with van der Waals surface area (Å²) in [4.78, 5) is 41.5. The van der Waals surface area contributed by atoms with Crippen LogP contribution in [0.5, 0.6) is 0 Å². The summed E-state index contributed by atoms with van der Waals surface area (Å²) in [5.74, 6) is -1.87. The van der Waals surface area contributed by atoms with E-state index >= 15 is 0 Å². The molecule has 0 saturated carbocycles. The number of nitrogens with one attached hydrogen (secondary N) is 1. The molecule has 3 rings (SSSR count). The van der Waals surface area contributed by atoms with Crippen LogP contribution < -0.4 is 5.32 Å². The normalized spacial score (nSPS) is 18.5. The Morgan fingerprint density at radius 3 is 2.58 bits per heavy atom. The topological polar surface area (TPSA) is 97.9 Å². The predicted molar refractivity (Wildman–Crippen MR) is 114 cm³/mol. The molecule has 1 fully saturated rings. The molecule has 0 spiro atoms. The van der Waals surface area contributed by atoms with E-state index in [4.69, 9.17) is 9.47 Å². The second-order valence-electron chi connectivity index (χ2n) is 7.76. The first-order valence-electron chi connectivity index (χ1n) is 10.2. The minimum Gasteiger partial charge on any atom is -0.464 e. The molecule has 1 aliphatic rings. The summed E-state index contributed by atoms with van der Waals surface area (Å²) in [5.41, 5.74) is 1.36. The van der Waals surface area contributed by atoms with Crippen molar-refractivity contribution in [3.8, 4) is 11.3 Å². The third-order valence-electron chi connectivity index (χ3n) is 4.78. The Labute approximate surface area is 184 Å². The molecule has 166 valence electrons. The van der Waals surface area contributed by atoms with Gasteiger partial charge in [-0.2, -0.15) is 0 Å². The van der Waals surface area contributed by atoms with Crippen molar-refractivity contribution in [3.63, 3.8) is 0 Å². The molecule has 1 saturated heterocycles. The van der Waals surface area contributed by atoms with Crippen LogP contribution in [0.4, 0.5) is 9.52 Å². The summed E-state index contributed by atoms with van der Waals surface area (Å²) in [7, 11) is 0. The maximum atomic E-state index is 13.1. The zero-order valence-electron chi connectivity index (χ0n) is 17.6. The van der Waals surface area contributed by atoms with Crippen molar-refractivity contribution in [3.05, 3.63) is 35.5 Å². The molecule has 1 aliphatic heterocycles. The molecule has 9 heteroatoms. The van der Waals surface area contributed by atoms with Gasteiger partial charge in [0.25, 0.3) is 0 Å². The van der Waals surface area contributed by atoms with Crippen LogP contribution in [0.1, 0.15) is 33.6 Å². The van der Waals surface area contributed by atoms with E-state index in [1.807, 2.05) is 13.8 Å². The number of epoxide rings is 1. The van der Waals surface area contributed by atoms with Gasteiger partial charge in [0.2, 0.25) is 5.91 Å². The SMILES string of the molecule is CCOC(=O)[C@H]1O[C@@H]1C(=O)C[C@@H](CC(C)C)C(=O)Nc1nc(-c2ccc(F)cc2)cs1. The number of aromatic nitrogens is 1. The van der Waals surface area contributed by atoms with Gasteiger partial charge in [0.05, 0.1) is 12.3 Å². The van der Waals surface area contributed by atoms with Crippen molar-refractivity contribution in [2.24, 2.45) is 11.8 Å². The minimum absolute atomic E-state index is 0.0270. The van der Waals surface area contributed by atoms with Gasteiger partial charge in [0, 0.05) is 23.3 Å². The number of ketones is 1. The maximum absolute atomic E-state index is 13.1. The first-order valence-corrected chi connectivity index (χ1v) is 11.0. The number of carbonyl (C=O) groups excluding carboxylic acids is 3. The Kier molecular flexibility index (Phi) is 7.50. The molecular formula is C22H25FN2O5S. The molecule has 0 radical (unpaired) electrons. The van der Waals surface area contributed by atoms with Gasteiger partial charge < -0.3 is 14.8 Å². The number of nitrogens with zero attached hydrogens (tertiary/aromatic N) is 1. The van der Waals surface area contributed by atoms with Gasteiger partial charge in [-0.1, -0.05) is 13.8 Å². The number of hydrogen-bond donors (Lipinski definition) is 1. The Bertz CT molecular complexity index is 944. The van der Waals surface area contributed by atoms with E-state index in [2.05, 4.69) is 10.3 Å². The van der Waals surface area contributed by atoms with Crippen LogP contribution in [0.25, 0.3) is 11.3 Å².